The molecule has 1 aliphatic rings. The van der Waals surface area contributed by atoms with Crippen LogP contribution < -0.4 is 10.1 Å². The number of carbonyl (C=O) groups is 1. The molecule has 6 heteroatoms. The fraction of sp³-hybridized carbons (Fsp3) is 0.435. The number of aliphatic hydroxyl groups is 1. The van der Waals surface area contributed by atoms with E-state index in [9.17, 15) is 14.3 Å². The van der Waals surface area contributed by atoms with Crippen LogP contribution in [0.4, 0.5) is 4.39 Å². The van der Waals surface area contributed by atoms with E-state index in [0.717, 1.165) is 30.0 Å². The van der Waals surface area contributed by atoms with E-state index in [0.29, 0.717) is 26.0 Å². The normalized spacial score (nSPS) is 17.5. The minimum atomic E-state index is -0.593. The van der Waals surface area contributed by atoms with Gasteiger partial charge in [-0.2, -0.15) is 0 Å². The molecule has 2 N–H and O–H groups in total. The van der Waals surface area contributed by atoms with E-state index in [1.54, 1.807) is 12.1 Å². The van der Waals surface area contributed by atoms with Crippen LogP contribution in [-0.4, -0.2) is 42.2 Å². The molecule has 29 heavy (non-hydrogen) atoms. The number of benzene rings is 2. The van der Waals surface area contributed by atoms with E-state index in [1.807, 2.05) is 31.2 Å². The lowest BCUT2D eigenvalue weighted by Crippen LogP contribution is -2.53. The summed E-state index contributed by atoms with van der Waals surface area (Å²) in [6.07, 6.45) is 0.812. The number of hydrogen-bond acceptors (Lipinski definition) is 4. The minimum Gasteiger partial charge on any atom is -0.494 e. The summed E-state index contributed by atoms with van der Waals surface area (Å²) >= 11 is 0. The van der Waals surface area contributed by atoms with Gasteiger partial charge in [-0.05, 0) is 55.2 Å². The van der Waals surface area contributed by atoms with E-state index in [2.05, 4.69) is 10.2 Å². The van der Waals surface area contributed by atoms with Gasteiger partial charge in [-0.25, -0.2) is 4.39 Å². The van der Waals surface area contributed by atoms with E-state index in [1.165, 1.54) is 19.1 Å². The summed E-state index contributed by atoms with van der Waals surface area (Å²) in [5, 5.41) is 13.7. The lowest BCUT2D eigenvalue weighted by molar-refractivity contribution is -0.121. The lowest BCUT2D eigenvalue weighted by atomic mass is 9.80. The molecule has 0 saturated carbocycles. The van der Waals surface area contributed by atoms with Gasteiger partial charge in [-0.15, -0.1) is 0 Å². The standard InChI is InChI=1S/C23H29FN2O3/c1-3-29-21-10-4-18(5-11-21)22(28)16-26-14-12-23(13-15-26,25-17(2)27)19-6-8-20(24)9-7-19/h4-11,22,28H,3,12-16H2,1-2H3,(H,25,27). The van der Waals surface area contributed by atoms with Gasteiger partial charge in [0.1, 0.15) is 11.6 Å². The molecule has 1 saturated heterocycles. The number of halogens is 1. The monoisotopic (exact) mass is 400 g/mol. The number of piperidine rings is 1. The fourth-order valence-electron chi connectivity index (χ4n) is 4.01. The Balaban J connectivity index is 1.64. The third-order valence-corrected chi connectivity index (χ3v) is 5.53. The smallest absolute Gasteiger partial charge is 0.217 e. The van der Waals surface area contributed by atoms with Crippen LogP contribution in [0.5, 0.6) is 5.75 Å². The molecule has 1 amide bonds. The number of nitrogens with zero attached hydrogens (tertiary/aromatic N) is 1. The number of nitrogens with one attached hydrogen (secondary N) is 1. The Kier molecular flexibility index (Phi) is 6.87. The van der Waals surface area contributed by atoms with E-state index in [-0.39, 0.29) is 11.7 Å². The maximum Gasteiger partial charge on any atom is 0.217 e. The molecule has 1 aliphatic heterocycles. The number of carbonyl (C=O) groups excluding carboxylic acids is 1. The van der Waals surface area contributed by atoms with Crippen LogP contribution in [0, 0.1) is 5.82 Å². The molecule has 1 unspecified atom stereocenters. The number of β-amino-alcohol motifs (C(OH)–C–C–N with tert-alkyl or cyclic N) is 1. The first-order chi connectivity index (χ1) is 13.9. The van der Waals surface area contributed by atoms with Crippen molar-refractivity contribution in [3.05, 3.63) is 65.5 Å². The summed E-state index contributed by atoms with van der Waals surface area (Å²) in [5.74, 6) is 0.403. The molecule has 1 fully saturated rings. The highest BCUT2D eigenvalue weighted by Crippen LogP contribution is 2.34. The third-order valence-electron chi connectivity index (χ3n) is 5.53. The van der Waals surface area contributed by atoms with Crippen molar-refractivity contribution < 1.29 is 19.0 Å². The van der Waals surface area contributed by atoms with Crippen LogP contribution in [0.25, 0.3) is 0 Å². The Morgan fingerprint density at radius 1 is 1.17 bits per heavy atom. The molecule has 1 atom stereocenters. The van der Waals surface area contributed by atoms with Crippen molar-refractivity contribution in [1.82, 2.24) is 10.2 Å². The zero-order valence-electron chi connectivity index (χ0n) is 17.0. The predicted molar refractivity (Wildman–Crippen MR) is 110 cm³/mol. The number of rotatable bonds is 7. The maximum atomic E-state index is 13.3. The van der Waals surface area contributed by atoms with Crippen molar-refractivity contribution in [2.24, 2.45) is 0 Å². The summed E-state index contributed by atoms with van der Waals surface area (Å²) in [4.78, 5) is 14.0. The molecule has 1 heterocycles. The van der Waals surface area contributed by atoms with Gasteiger partial charge in [0.2, 0.25) is 5.91 Å². The molecule has 0 spiro atoms. The minimum absolute atomic E-state index is 0.0998. The number of amides is 1. The molecule has 2 aromatic carbocycles. The fourth-order valence-corrected chi connectivity index (χ4v) is 4.01. The van der Waals surface area contributed by atoms with Crippen molar-refractivity contribution in [2.45, 2.75) is 38.3 Å². The highest BCUT2D eigenvalue weighted by molar-refractivity contribution is 5.74. The Hall–Kier alpha value is -2.44. The first-order valence-corrected chi connectivity index (χ1v) is 10.1. The number of ether oxygens (including phenoxy) is 1. The Morgan fingerprint density at radius 3 is 2.34 bits per heavy atom. The summed E-state index contributed by atoms with van der Waals surface area (Å²) in [7, 11) is 0. The first-order valence-electron chi connectivity index (χ1n) is 10.1. The van der Waals surface area contributed by atoms with Crippen LogP contribution in [0.2, 0.25) is 0 Å². The van der Waals surface area contributed by atoms with Crippen LogP contribution in [0.3, 0.4) is 0 Å². The van der Waals surface area contributed by atoms with E-state index in [4.69, 9.17) is 4.74 Å². The van der Waals surface area contributed by atoms with Gasteiger partial charge in [0.25, 0.3) is 0 Å². The summed E-state index contributed by atoms with van der Waals surface area (Å²) in [6.45, 7) is 6.03. The van der Waals surface area contributed by atoms with Gasteiger partial charge in [0.15, 0.2) is 0 Å². The molecule has 2 aromatic rings. The molecule has 5 nitrogen and oxygen atoms in total. The van der Waals surface area contributed by atoms with Crippen molar-refractivity contribution in [2.75, 3.05) is 26.2 Å². The summed E-state index contributed by atoms with van der Waals surface area (Å²) < 4.78 is 18.8. The molecule has 3 rings (SSSR count). The second kappa shape index (κ2) is 9.37. The van der Waals surface area contributed by atoms with Gasteiger partial charge in [-0.1, -0.05) is 24.3 Å². The average Bonchev–Trinajstić information content (AvgIpc) is 2.70. The van der Waals surface area contributed by atoms with E-state index >= 15 is 0 Å². The van der Waals surface area contributed by atoms with Crippen molar-refractivity contribution in [3.63, 3.8) is 0 Å². The molecule has 0 aliphatic carbocycles. The van der Waals surface area contributed by atoms with Gasteiger partial charge >= 0.3 is 0 Å². The third kappa shape index (κ3) is 5.34. The second-order valence-electron chi connectivity index (χ2n) is 7.59. The summed E-state index contributed by atoms with van der Waals surface area (Å²) in [5.41, 5.74) is 1.27. The zero-order chi connectivity index (χ0) is 20.9. The number of hydrogen-bond donors (Lipinski definition) is 2. The number of likely N-dealkylation sites (tertiary alicyclic amines) is 1. The molecular formula is C23H29FN2O3. The molecule has 0 aromatic heterocycles. The second-order valence-corrected chi connectivity index (χ2v) is 7.59. The largest absolute Gasteiger partial charge is 0.494 e. The predicted octanol–water partition coefficient (Wildman–Crippen LogP) is 3.39. The van der Waals surface area contributed by atoms with Crippen LogP contribution >= 0.6 is 0 Å². The Labute approximate surface area is 171 Å². The molecule has 0 bridgehead atoms. The average molecular weight is 400 g/mol. The highest BCUT2D eigenvalue weighted by atomic mass is 19.1. The maximum absolute atomic E-state index is 13.3. The van der Waals surface area contributed by atoms with Gasteiger partial charge in [-0.3, -0.25) is 4.79 Å². The van der Waals surface area contributed by atoms with Crippen LogP contribution in [0.1, 0.15) is 43.9 Å². The Bertz CT molecular complexity index is 800. The van der Waals surface area contributed by atoms with Gasteiger partial charge in [0, 0.05) is 26.6 Å². The van der Waals surface area contributed by atoms with Crippen molar-refractivity contribution >= 4 is 5.91 Å². The van der Waals surface area contributed by atoms with Crippen LogP contribution in [-0.2, 0) is 10.3 Å². The van der Waals surface area contributed by atoms with Crippen molar-refractivity contribution in [3.8, 4) is 5.75 Å². The van der Waals surface area contributed by atoms with Crippen molar-refractivity contribution in [1.29, 1.82) is 0 Å². The first kappa shape index (κ1) is 21.3. The zero-order valence-corrected chi connectivity index (χ0v) is 17.0. The van der Waals surface area contributed by atoms with Gasteiger partial charge < -0.3 is 20.1 Å². The van der Waals surface area contributed by atoms with Crippen LogP contribution in [0.15, 0.2) is 48.5 Å². The lowest BCUT2D eigenvalue weighted by Gasteiger charge is -2.43. The molecular weight excluding hydrogens is 371 g/mol. The molecule has 0 radical (unpaired) electrons. The number of aliphatic hydroxyl groups excluding tert-OH is 1. The van der Waals surface area contributed by atoms with Gasteiger partial charge in [0.05, 0.1) is 18.2 Å². The highest BCUT2D eigenvalue weighted by Gasteiger charge is 2.37. The molecule has 156 valence electrons. The SMILES string of the molecule is CCOc1ccc(C(O)CN2CCC(NC(C)=O)(c3ccc(F)cc3)CC2)cc1. The quantitative estimate of drug-likeness (QED) is 0.748. The van der Waals surface area contributed by atoms with E-state index < -0.39 is 11.6 Å². The topological polar surface area (TPSA) is 61.8 Å². The Morgan fingerprint density at radius 2 is 1.79 bits per heavy atom. The summed E-state index contributed by atoms with van der Waals surface area (Å²) in [6, 6.07) is 13.9.